The number of amides is 1. The number of carbonyl (C=O) groups excluding carboxylic acids is 1. The van der Waals surface area contributed by atoms with Crippen LogP contribution in [0.25, 0.3) is 0 Å². The van der Waals surface area contributed by atoms with Gasteiger partial charge < -0.3 is 5.32 Å². The van der Waals surface area contributed by atoms with Crippen LogP contribution in [0.3, 0.4) is 0 Å². The van der Waals surface area contributed by atoms with Gasteiger partial charge in [0.15, 0.2) is 0 Å². The first-order valence-electron chi connectivity index (χ1n) is 6.32. The number of thiophene rings is 1. The molecule has 7 heteroatoms. The highest BCUT2D eigenvalue weighted by Gasteiger charge is 2.15. The Balaban J connectivity index is 1.98. The molecule has 0 aliphatic carbocycles. The van der Waals surface area contributed by atoms with Gasteiger partial charge in [0.25, 0.3) is 5.91 Å². The Kier molecular flexibility index (Phi) is 4.76. The van der Waals surface area contributed by atoms with Crippen LogP contribution in [0, 0.1) is 0 Å². The number of hydrogen-bond acceptors (Lipinski definition) is 4. The van der Waals surface area contributed by atoms with Gasteiger partial charge in [0.05, 0.1) is 5.56 Å². The van der Waals surface area contributed by atoms with E-state index in [0.29, 0.717) is 12.1 Å². The van der Waals surface area contributed by atoms with E-state index >= 15 is 0 Å². The van der Waals surface area contributed by atoms with E-state index in [-0.39, 0.29) is 16.0 Å². The van der Waals surface area contributed by atoms with Crippen LogP contribution in [-0.2, 0) is 10.0 Å². The molecule has 1 heterocycles. The number of primary sulfonamides is 1. The minimum Gasteiger partial charge on any atom is -0.351 e. The topological polar surface area (TPSA) is 89.3 Å². The average molecular weight is 324 g/mol. The minimum absolute atomic E-state index is 0.0104. The fourth-order valence-corrected chi connectivity index (χ4v) is 3.42. The Labute approximate surface area is 127 Å². The van der Waals surface area contributed by atoms with Gasteiger partial charge in [-0.25, -0.2) is 13.6 Å². The van der Waals surface area contributed by atoms with Gasteiger partial charge in [-0.3, -0.25) is 4.79 Å². The van der Waals surface area contributed by atoms with E-state index in [1.807, 2.05) is 37.3 Å². The van der Waals surface area contributed by atoms with Gasteiger partial charge in [-0.15, -0.1) is 11.3 Å². The minimum atomic E-state index is -3.75. The van der Waals surface area contributed by atoms with E-state index in [4.69, 9.17) is 5.14 Å². The summed E-state index contributed by atoms with van der Waals surface area (Å²) in [4.78, 5) is 12.0. The van der Waals surface area contributed by atoms with Crippen molar-refractivity contribution in [1.82, 2.24) is 5.32 Å². The third-order valence-corrected chi connectivity index (χ3v) is 5.44. The highest BCUT2D eigenvalue weighted by molar-refractivity contribution is 7.91. The summed E-state index contributed by atoms with van der Waals surface area (Å²) in [6.45, 7) is 2.49. The number of hydrogen-bond donors (Lipinski definition) is 2. The molecule has 0 saturated heterocycles. The summed E-state index contributed by atoms with van der Waals surface area (Å²) < 4.78 is 22.3. The van der Waals surface area contributed by atoms with Gasteiger partial charge in [-0.2, -0.15) is 0 Å². The van der Waals surface area contributed by atoms with Crippen molar-refractivity contribution < 1.29 is 13.2 Å². The largest absolute Gasteiger partial charge is 0.351 e. The molecule has 0 bridgehead atoms. The van der Waals surface area contributed by atoms with Crippen molar-refractivity contribution in [3.63, 3.8) is 0 Å². The number of nitrogens with one attached hydrogen (secondary N) is 1. The van der Waals surface area contributed by atoms with E-state index in [1.165, 1.54) is 11.4 Å². The molecule has 1 aromatic heterocycles. The van der Waals surface area contributed by atoms with Crippen molar-refractivity contribution in [1.29, 1.82) is 0 Å². The maximum Gasteiger partial charge on any atom is 0.252 e. The summed E-state index contributed by atoms with van der Waals surface area (Å²) in [5, 5.41) is 9.30. The zero-order valence-corrected chi connectivity index (χ0v) is 13.1. The fraction of sp³-hybridized carbons (Fsp3) is 0.214. The molecule has 0 saturated carbocycles. The van der Waals surface area contributed by atoms with Crippen LogP contribution >= 0.6 is 11.3 Å². The molecule has 5 nitrogen and oxygen atoms in total. The molecule has 3 N–H and O–H groups in total. The van der Waals surface area contributed by atoms with E-state index in [9.17, 15) is 13.2 Å². The lowest BCUT2D eigenvalue weighted by molar-refractivity contribution is 0.0952. The maximum absolute atomic E-state index is 12.0. The predicted molar refractivity (Wildman–Crippen MR) is 82.9 cm³/mol. The summed E-state index contributed by atoms with van der Waals surface area (Å²) in [6, 6.07) is 11.1. The highest BCUT2D eigenvalue weighted by atomic mass is 32.2. The van der Waals surface area contributed by atoms with Crippen molar-refractivity contribution in [3.05, 3.63) is 52.9 Å². The molecule has 1 atom stereocenters. The first kappa shape index (κ1) is 15.7. The van der Waals surface area contributed by atoms with E-state index in [0.717, 1.165) is 16.9 Å². The average Bonchev–Trinajstić information content (AvgIpc) is 2.95. The van der Waals surface area contributed by atoms with Crippen LogP contribution in [0.4, 0.5) is 0 Å². The zero-order valence-electron chi connectivity index (χ0n) is 11.4. The molecule has 1 aromatic carbocycles. The standard InChI is InChI=1S/C14H16N2O3S2/c1-10(11-5-3-2-4-6-11)8-16-14(17)12-7-13(20-9-12)21(15,18)19/h2-7,9-10H,8H2,1H3,(H,16,17)(H2,15,18,19)/t10-/m0/s1. The van der Waals surface area contributed by atoms with Crippen LogP contribution in [-0.4, -0.2) is 20.9 Å². The lowest BCUT2D eigenvalue weighted by Crippen LogP contribution is -2.27. The van der Waals surface area contributed by atoms with Crippen LogP contribution in [0.2, 0.25) is 0 Å². The third kappa shape index (κ3) is 4.13. The molecule has 1 amide bonds. The SMILES string of the molecule is C[C@@H](CNC(=O)c1csc(S(N)(=O)=O)c1)c1ccccc1. The summed E-state index contributed by atoms with van der Waals surface area (Å²) in [7, 11) is -3.75. The Bertz CT molecular complexity index is 724. The second-order valence-corrected chi connectivity index (χ2v) is 7.42. The zero-order chi connectivity index (χ0) is 15.5. The smallest absolute Gasteiger partial charge is 0.252 e. The normalized spacial score (nSPS) is 12.9. The van der Waals surface area contributed by atoms with E-state index in [2.05, 4.69) is 5.32 Å². The molecular formula is C14H16N2O3S2. The van der Waals surface area contributed by atoms with Crippen molar-refractivity contribution >= 4 is 27.3 Å². The van der Waals surface area contributed by atoms with Crippen molar-refractivity contribution in [3.8, 4) is 0 Å². The van der Waals surface area contributed by atoms with Gasteiger partial charge >= 0.3 is 0 Å². The molecule has 0 unspecified atom stereocenters. The number of carbonyl (C=O) groups is 1. The quantitative estimate of drug-likeness (QED) is 0.880. The summed E-state index contributed by atoms with van der Waals surface area (Å²) in [6.07, 6.45) is 0. The molecule has 0 aliphatic rings. The lowest BCUT2D eigenvalue weighted by atomic mass is 10.0. The number of rotatable bonds is 5. The Morgan fingerprint density at radius 3 is 2.57 bits per heavy atom. The Morgan fingerprint density at radius 2 is 2.00 bits per heavy atom. The third-order valence-electron chi connectivity index (χ3n) is 3.06. The Morgan fingerprint density at radius 1 is 1.33 bits per heavy atom. The number of nitrogens with two attached hydrogens (primary N) is 1. The molecule has 2 rings (SSSR count). The molecule has 2 aromatic rings. The van der Waals surface area contributed by atoms with Gasteiger partial charge in [0.1, 0.15) is 4.21 Å². The molecule has 0 aliphatic heterocycles. The van der Waals surface area contributed by atoms with E-state index < -0.39 is 10.0 Å². The summed E-state index contributed by atoms with van der Waals surface area (Å²) in [5.41, 5.74) is 1.44. The molecule has 0 fully saturated rings. The molecular weight excluding hydrogens is 308 g/mol. The molecule has 0 spiro atoms. The number of sulfonamides is 1. The Hall–Kier alpha value is -1.70. The fourth-order valence-electron chi connectivity index (χ4n) is 1.83. The summed E-state index contributed by atoms with van der Waals surface area (Å²) >= 11 is 0.942. The molecule has 112 valence electrons. The molecule has 0 radical (unpaired) electrons. The molecule has 21 heavy (non-hydrogen) atoms. The number of benzene rings is 1. The van der Waals surface area contributed by atoms with Gasteiger partial charge in [0.2, 0.25) is 10.0 Å². The maximum atomic E-state index is 12.0. The van der Waals surface area contributed by atoms with Gasteiger partial charge in [-0.05, 0) is 17.5 Å². The van der Waals surface area contributed by atoms with Crippen LogP contribution in [0.15, 0.2) is 46.0 Å². The summed E-state index contributed by atoms with van der Waals surface area (Å²) in [5.74, 6) is -0.129. The van der Waals surface area contributed by atoms with Crippen molar-refractivity contribution in [2.45, 2.75) is 17.1 Å². The predicted octanol–water partition coefficient (Wildman–Crippen LogP) is 1.93. The van der Waals surface area contributed by atoms with Crippen LogP contribution < -0.4 is 10.5 Å². The first-order chi connectivity index (χ1) is 9.88. The second kappa shape index (κ2) is 6.38. The lowest BCUT2D eigenvalue weighted by Gasteiger charge is -2.12. The van der Waals surface area contributed by atoms with Crippen molar-refractivity contribution in [2.75, 3.05) is 6.54 Å². The van der Waals surface area contributed by atoms with Crippen LogP contribution in [0.1, 0.15) is 28.8 Å². The van der Waals surface area contributed by atoms with Crippen LogP contribution in [0.5, 0.6) is 0 Å². The highest BCUT2D eigenvalue weighted by Crippen LogP contribution is 2.19. The monoisotopic (exact) mass is 324 g/mol. The van der Waals surface area contributed by atoms with Gasteiger partial charge in [0, 0.05) is 11.9 Å². The first-order valence-corrected chi connectivity index (χ1v) is 8.75. The van der Waals surface area contributed by atoms with Crippen molar-refractivity contribution in [2.24, 2.45) is 5.14 Å². The second-order valence-electron chi connectivity index (χ2n) is 4.72. The van der Waals surface area contributed by atoms with Gasteiger partial charge in [-0.1, -0.05) is 37.3 Å². The van der Waals surface area contributed by atoms with E-state index in [1.54, 1.807) is 0 Å².